The fraction of sp³-hybridized carbons (Fsp3) is 0. The van der Waals surface area contributed by atoms with Gasteiger partial charge in [0.05, 0.1) is 0 Å². The van der Waals surface area contributed by atoms with E-state index in [1.54, 1.807) is 18.2 Å². The summed E-state index contributed by atoms with van der Waals surface area (Å²) in [4.78, 5) is 24.2. The number of furan rings is 1. The van der Waals surface area contributed by atoms with Crippen LogP contribution in [-0.4, -0.2) is 11.6 Å². The van der Waals surface area contributed by atoms with E-state index in [1.807, 2.05) is 30.3 Å². The maximum atomic E-state index is 12.1. The third-order valence-electron chi connectivity index (χ3n) is 3.45. The van der Waals surface area contributed by atoms with Gasteiger partial charge in [-0.2, -0.15) is 0 Å². The van der Waals surface area contributed by atoms with Gasteiger partial charge in [0, 0.05) is 16.5 Å². The van der Waals surface area contributed by atoms with Gasteiger partial charge < -0.3 is 4.42 Å². The Morgan fingerprint density at radius 2 is 1.42 bits per heavy atom. The summed E-state index contributed by atoms with van der Waals surface area (Å²) in [5, 5.41) is 0.866. The molecule has 19 heavy (non-hydrogen) atoms. The molecule has 0 atom stereocenters. The lowest BCUT2D eigenvalue weighted by Crippen LogP contribution is -2.19. The molecule has 3 heteroatoms. The highest BCUT2D eigenvalue weighted by Crippen LogP contribution is 2.40. The SMILES string of the molecule is O=C1C(=O)c2oc3ccccc3c2-c2ccccc21. The van der Waals surface area contributed by atoms with Gasteiger partial charge in [-0.15, -0.1) is 0 Å². The van der Waals surface area contributed by atoms with Crippen molar-refractivity contribution in [2.24, 2.45) is 0 Å². The minimum absolute atomic E-state index is 0.157. The molecule has 0 aliphatic heterocycles. The molecule has 0 saturated carbocycles. The lowest BCUT2D eigenvalue weighted by Gasteiger charge is -2.12. The molecule has 0 saturated heterocycles. The fourth-order valence-corrected chi connectivity index (χ4v) is 2.60. The number of benzene rings is 2. The van der Waals surface area contributed by atoms with Gasteiger partial charge in [-0.3, -0.25) is 9.59 Å². The molecule has 0 N–H and O–H groups in total. The fourth-order valence-electron chi connectivity index (χ4n) is 2.60. The molecule has 0 spiro atoms. The van der Waals surface area contributed by atoms with Crippen LogP contribution in [0.3, 0.4) is 0 Å². The van der Waals surface area contributed by atoms with E-state index in [4.69, 9.17) is 4.42 Å². The minimum atomic E-state index is -0.565. The number of Topliss-reactive ketones (excluding diaryl/α,β-unsaturated/α-hetero) is 2. The van der Waals surface area contributed by atoms with Crippen LogP contribution in [0.25, 0.3) is 22.1 Å². The number of para-hydroxylation sites is 1. The highest BCUT2D eigenvalue weighted by Gasteiger charge is 2.34. The van der Waals surface area contributed by atoms with Gasteiger partial charge in [-0.05, 0) is 11.6 Å². The summed E-state index contributed by atoms with van der Waals surface area (Å²) in [6.07, 6.45) is 0. The van der Waals surface area contributed by atoms with Crippen LogP contribution in [0.4, 0.5) is 0 Å². The predicted molar refractivity (Wildman–Crippen MR) is 70.3 cm³/mol. The van der Waals surface area contributed by atoms with Crippen molar-refractivity contribution in [3.63, 3.8) is 0 Å². The van der Waals surface area contributed by atoms with Crippen LogP contribution in [-0.2, 0) is 0 Å². The standard InChI is InChI=1S/C16H8O3/c17-14-10-6-2-1-5-9(10)13-11-7-3-4-8-12(11)19-16(13)15(14)18/h1-8H. The molecule has 3 aromatic rings. The number of carbonyl (C=O) groups is 2. The maximum absolute atomic E-state index is 12.1. The van der Waals surface area contributed by atoms with E-state index >= 15 is 0 Å². The van der Waals surface area contributed by atoms with Crippen LogP contribution in [0.2, 0.25) is 0 Å². The minimum Gasteiger partial charge on any atom is -0.452 e. The topological polar surface area (TPSA) is 47.3 Å². The third-order valence-corrected chi connectivity index (χ3v) is 3.45. The zero-order chi connectivity index (χ0) is 13.0. The molecule has 0 radical (unpaired) electrons. The van der Waals surface area contributed by atoms with Crippen molar-refractivity contribution in [2.75, 3.05) is 0 Å². The Balaban J connectivity index is 2.22. The molecule has 1 heterocycles. The highest BCUT2D eigenvalue weighted by atomic mass is 16.3. The van der Waals surface area contributed by atoms with Crippen LogP contribution in [0.1, 0.15) is 20.9 Å². The molecular weight excluding hydrogens is 240 g/mol. The zero-order valence-corrected chi connectivity index (χ0v) is 9.84. The van der Waals surface area contributed by atoms with Crippen LogP contribution in [0.15, 0.2) is 52.9 Å². The third kappa shape index (κ3) is 1.21. The van der Waals surface area contributed by atoms with Crippen molar-refractivity contribution in [1.82, 2.24) is 0 Å². The van der Waals surface area contributed by atoms with Gasteiger partial charge >= 0.3 is 0 Å². The summed E-state index contributed by atoms with van der Waals surface area (Å²) in [7, 11) is 0. The van der Waals surface area contributed by atoms with Crippen molar-refractivity contribution in [2.45, 2.75) is 0 Å². The van der Waals surface area contributed by atoms with E-state index in [0.29, 0.717) is 11.1 Å². The Morgan fingerprint density at radius 1 is 0.737 bits per heavy atom. The first kappa shape index (κ1) is 10.3. The Labute approximate surface area is 108 Å². The molecule has 1 aromatic heterocycles. The van der Waals surface area contributed by atoms with Crippen molar-refractivity contribution in [3.05, 3.63) is 59.9 Å². The average Bonchev–Trinajstić information content (AvgIpc) is 2.84. The Kier molecular flexibility index (Phi) is 1.85. The Hall–Kier alpha value is -2.68. The summed E-state index contributed by atoms with van der Waals surface area (Å²) in [6, 6.07) is 14.6. The van der Waals surface area contributed by atoms with Gasteiger partial charge in [0.1, 0.15) is 5.58 Å². The first-order chi connectivity index (χ1) is 9.27. The number of rotatable bonds is 0. The van der Waals surface area contributed by atoms with E-state index in [-0.39, 0.29) is 5.76 Å². The molecule has 3 nitrogen and oxygen atoms in total. The van der Waals surface area contributed by atoms with Gasteiger partial charge in [0.2, 0.25) is 5.78 Å². The van der Waals surface area contributed by atoms with Gasteiger partial charge in [0.25, 0.3) is 5.78 Å². The maximum Gasteiger partial charge on any atom is 0.269 e. The van der Waals surface area contributed by atoms with Crippen molar-refractivity contribution in [1.29, 1.82) is 0 Å². The molecule has 1 aliphatic rings. The van der Waals surface area contributed by atoms with Gasteiger partial charge in [0.15, 0.2) is 5.76 Å². The first-order valence-corrected chi connectivity index (χ1v) is 5.97. The molecule has 0 unspecified atom stereocenters. The number of fused-ring (bicyclic) bond motifs is 5. The van der Waals surface area contributed by atoms with E-state index in [9.17, 15) is 9.59 Å². The second kappa shape index (κ2) is 3.42. The zero-order valence-electron chi connectivity index (χ0n) is 9.84. The molecule has 2 aromatic carbocycles. The second-order valence-electron chi connectivity index (χ2n) is 4.51. The average molecular weight is 248 g/mol. The van der Waals surface area contributed by atoms with Crippen LogP contribution in [0, 0.1) is 0 Å². The van der Waals surface area contributed by atoms with Crippen LogP contribution in [0.5, 0.6) is 0 Å². The second-order valence-corrected chi connectivity index (χ2v) is 4.51. The number of ketones is 2. The van der Waals surface area contributed by atoms with E-state index in [1.165, 1.54) is 0 Å². The molecule has 4 rings (SSSR count). The van der Waals surface area contributed by atoms with Gasteiger partial charge in [-0.1, -0.05) is 42.5 Å². The summed E-state index contributed by atoms with van der Waals surface area (Å²) >= 11 is 0. The molecule has 1 aliphatic carbocycles. The summed E-state index contributed by atoms with van der Waals surface area (Å²) in [6.45, 7) is 0. The molecule has 90 valence electrons. The Morgan fingerprint density at radius 3 is 2.26 bits per heavy atom. The molecular formula is C16H8O3. The normalized spacial score (nSPS) is 13.5. The summed E-state index contributed by atoms with van der Waals surface area (Å²) in [5.41, 5.74) is 2.58. The highest BCUT2D eigenvalue weighted by molar-refractivity contribution is 6.53. The summed E-state index contributed by atoms with van der Waals surface area (Å²) < 4.78 is 5.56. The van der Waals surface area contributed by atoms with Crippen molar-refractivity contribution < 1.29 is 14.0 Å². The first-order valence-electron chi connectivity index (χ1n) is 5.97. The molecule has 0 fully saturated rings. The number of carbonyl (C=O) groups excluding carboxylic acids is 2. The Bertz CT molecular complexity index is 855. The lowest BCUT2D eigenvalue weighted by molar-refractivity contribution is 0.0800. The number of hydrogen-bond donors (Lipinski definition) is 0. The summed E-state index contributed by atoms with van der Waals surface area (Å²) in [5.74, 6) is -0.906. The van der Waals surface area contributed by atoms with E-state index < -0.39 is 11.6 Å². The van der Waals surface area contributed by atoms with E-state index in [0.717, 1.165) is 16.5 Å². The molecule has 0 amide bonds. The monoisotopic (exact) mass is 248 g/mol. The van der Waals surface area contributed by atoms with Crippen molar-refractivity contribution in [3.8, 4) is 11.1 Å². The van der Waals surface area contributed by atoms with Gasteiger partial charge in [-0.25, -0.2) is 0 Å². The van der Waals surface area contributed by atoms with Crippen molar-refractivity contribution >= 4 is 22.5 Å². The smallest absolute Gasteiger partial charge is 0.269 e. The predicted octanol–water partition coefficient (Wildman–Crippen LogP) is 3.48. The lowest BCUT2D eigenvalue weighted by atomic mass is 9.87. The largest absolute Gasteiger partial charge is 0.452 e. The quantitative estimate of drug-likeness (QED) is 0.572. The van der Waals surface area contributed by atoms with Crippen LogP contribution < -0.4 is 0 Å². The van der Waals surface area contributed by atoms with Crippen LogP contribution >= 0.6 is 0 Å². The molecule has 0 bridgehead atoms. The number of hydrogen-bond acceptors (Lipinski definition) is 3. The van der Waals surface area contributed by atoms with E-state index in [2.05, 4.69) is 0 Å².